The first-order valence-corrected chi connectivity index (χ1v) is 7.65. The van der Waals surface area contributed by atoms with Crippen molar-refractivity contribution in [3.05, 3.63) is 35.9 Å². The third-order valence-corrected chi connectivity index (χ3v) is 4.00. The minimum atomic E-state index is 1.21. The molecule has 1 aromatic rings. The van der Waals surface area contributed by atoms with E-state index in [-0.39, 0.29) is 0 Å². The molecule has 0 radical (unpaired) electrons. The number of quaternary nitrogens is 1. The molecule has 0 unspecified atom stereocenters. The minimum Gasteiger partial charge on any atom is -0.320 e. The lowest BCUT2D eigenvalue weighted by atomic mass is 10.1. The highest BCUT2D eigenvalue weighted by Gasteiger charge is 2.24. The zero-order valence-corrected chi connectivity index (χ0v) is 12.5. The van der Waals surface area contributed by atoms with Gasteiger partial charge in [0.25, 0.3) is 0 Å². The van der Waals surface area contributed by atoms with Crippen molar-refractivity contribution < 1.29 is 4.48 Å². The molecule has 0 aliphatic heterocycles. The standard InChI is InChI=1S/C17H30N/c1-4-7-14-18(6-3,15-8-5-2)16-17-12-10-9-11-13-17/h9-13H,4-8,14-16H2,1-3H3/q+1. The molecular formula is C17H30N+. The fourth-order valence-corrected chi connectivity index (χ4v) is 2.66. The first kappa shape index (κ1) is 15.2. The van der Waals surface area contributed by atoms with Crippen LogP contribution in [0.3, 0.4) is 0 Å². The molecule has 0 N–H and O–H groups in total. The van der Waals surface area contributed by atoms with E-state index in [1.807, 2.05) is 0 Å². The second-order valence-corrected chi connectivity index (χ2v) is 5.46. The highest BCUT2D eigenvalue weighted by molar-refractivity contribution is 5.13. The van der Waals surface area contributed by atoms with Gasteiger partial charge in [-0.15, -0.1) is 0 Å². The third kappa shape index (κ3) is 4.81. The van der Waals surface area contributed by atoms with Crippen LogP contribution in [0.25, 0.3) is 0 Å². The molecule has 0 amide bonds. The Bertz CT molecular complexity index is 297. The first-order valence-electron chi connectivity index (χ1n) is 7.65. The maximum atomic E-state index is 2.36. The molecule has 0 saturated carbocycles. The normalized spacial score (nSPS) is 11.7. The number of unbranched alkanes of at least 4 members (excludes halogenated alkanes) is 2. The molecule has 0 fully saturated rings. The van der Waals surface area contributed by atoms with Gasteiger partial charge in [0.2, 0.25) is 0 Å². The van der Waals surface area contributed by atoms with Gasteiger partial charge < -0.3 is 4.48 Å². The second kappa shape index (κ2) is 8.31. The van der Waals surface area contributed by atoms with Gasteiger partial charge in [-0.1, -0.05) is 57.0 Å². The Morgan fingerprint density at radius 2 is 1.39 bits per heavy atom. The molecule has 0 heterocycles. The molecule has 102 valence electrons. The highest BCUT2D eigenvalue weighted by atomic mass is 15.3. The lowest BCUT2D eigenvalue weighted by molar-refractivity contribution is -0.939. The van der Waals surface area contributed by atoms with E-state index in [2.05, 4.69) is 51.1 Å². The van der Waals surface area contributed by atoms with Crippen LogP contribution in [0.1, 0.15) is 52.0 Å². The van der Waals surface area contributed by atoms with Crippen molar-refractivity contribution in [1.29, 1.82) is 0 Å². The van der Waals surface area contributed by atoms with Crippen LogP contribution in [0.2, 0.25) is 0 Å². The summed E-state index contributed by atoms with van der Waals surface area (Å²) >= 11 is 0. The third-order valence-electron chi connectivity index (χ3n) is 4.00. The van der Waals surface area contributed by atoms with Crippen molar-refractivity contribution in [2.24, 2.45) is 0 Å². The average molecular weight is 248 g/mol. The largest absolute Gasteiger partial charge is 0.320 e. The summed E-state index contributed by atoms with van der Waals surface area (Å²) in [5.41, 5.74) is 1.49. The van der Waals surface area contributed by atoms with E-state index >= 15 is 0 Å². The van der Waals surface area contributed by atoms with Crippen molar-refractivity contribution in [3.8, 4) is 0 Å². The van der Waals surface area contributed by atoms with Gasteiger partial charge in [0.1, 0.15) is 6.54 Å². The van der Waals surface area contributed by atoms with E-state index < -0.39 is 0 Å². The van der Waals surface area contributed by atoms with Crippen molar-refractivity contribution in [3.63, 3.8) is 0 Å². The predicted molar refractivity (Wildman–Crippen MR) is 80.5 cm³/mol. The van der Waals surface area contributed by atoms with E-state index in [0.29, 0.717) is 0 Å². The van der Waals surface area contributed by atoms with Gasteiger partial charge in [-0.2, -0.15) is 0 Å². The maximum absolute atomic E-state index is 2.36. The Hall–Kier alpha value is -0.820. The topological polar surface area (TPSA) is 0 Å². The number of hydrogen-bond acceptors (Lipinski definition) is 0. The van der Waals surface area contributed by atoms with Gasteiger partial charge in [-0.25, -0.2) is 0 Å². The number of nitrogens with zero attached hydrogens (tertiary/aromatic N) is 1. The molecule has 0 aliphatic rings. The second-order valence-electron chi connectivity index (χ2n) is 5.46. The number of rotatable bonds is 9. The summed E-state index contributed by atoms with van der Waals surface area (Å²) in [5, 5.41) is 0. The van der Waals surface area contributed by atoms with E-state index in [9.17, 15) is 0 Å². The molecule has 1 aromatic carbocycles. The molecule has 1 nitrogen and oxygen atoms in total. The van der Waals surface area contributed by atoms with Gasteiger partial charge in [-0.05, 0) is 19.8 Å². The molecular weight excluding hydrogens is 218 g/mol. The van der Waals surface area contributed by atoms with Crippen LogP contribution in [0.5, 0.6) is 0 Å². The van der Waals surface area contributed by atoms with Gasteiger partial charge in [0, 0.05) is 5.56 Å². The maximum Gasteiger partial charge on any atom is 0.104 e. The number of hydrogen-bond donors (Lipinski definition) is 0. The predicted octanol–water partition coefficient (Wildman–Crippen LogP) is 4.62. The molecule has 18 heavy (non-hydrogen) atoms. The molecule has 1 heteroatoms. The summed E-state index contributed by atoms with van der Waals surface area (Å²) in [5.74, 6) is 0. The Morgan fingerprint density at radius 3 is 1.83 bits per heavy atom. The fourth-order valence-electron chi connectivity index (χ4n) is 2.66. The molecule has 0 saturated heterocycles. The van der Waals surface area contributed by atoms with Crippen LogP contribution in [0.15, 0.2) is 30.3 Å². The van der Waals surface area contributed by atoms with Crippen LogP contribution in [-0.4, -0.2) is 24.1 Å². The summed E-state index contributed by atoms with van der Waals surface area (Å²) < 4.78 is 1.27. The Kier molecular flexibility index (Phi) is 7.04. The van der Waals surface area contributed by atoms with Crippen LogP contribution < -0.4 is 0 Å². The van der Waals surface area contributed by atoms with Crippen LogP contribution in [0.4, 0.5) is 0 Å². The Labute approximate surface area is 113 Å². The monoisotopic (exact) mass is 248 g/mol. The van der Waals surface area contributed by atoms with Crippen molar-refractivity contribution >= 4 is 0 Å². The molecule has 0 atom stereocenters. The summed E-state index contributed by atoms with van der Waals surface area (Å²) in [6.45, 7) is 12.1. The minimum absolute atomic E-state index is 1.21. The SMILES string of the molecule is CCCC[N+](CC)(CCCC)Cc1ccccc1. The Balaban J connectivity index is 2.73. The summed E-state index contributed by atoms with van der Waals surface area (Å²) in [6, 6.07) is 11.0. The lowest BCUT2D eigenvalue weighted by Crippen LogP contribution is -2.48. The molecule has 0 spiro atoms. The van der Waals surface area contributed by atoms with E-state index in [1.54, 1.807) is 0 Å². The number of benzene rings is 1. The molecule has 0 aliphatic carbocycles. The zero-order valence-electron chi connectivity index (χ0n) is 12.5. The van der Waals surface area contributed by atoms with E-state index in [4.69, 9.17) is 0 Å². The molecule has 0 aromatic heterocycles. The summed E-state index contributed by atoms with van der Waals surface area (Å²) in [4.78, 5) is 0. The zero-order chi connectivity index (χ0) is 13.3. The van der Waals surface area contributed by atoms with E-state index in [1.165, 1.54) is 61.9 Å². The quantitative estimate of drug-likeness (QED) is 0.559. The lowest BCUT2D eigenvalue weighted by Gasteiger charge is -2.38. The smallest absolute Gasteiger partial charge is 0.104 e. The fraction of sp³-hybridized carbons (Fsp3) is 0.647. The van der Waals surface area contributed by atoms with E-state index in [0.717, 1.165) is 0 Å². The van der Waals surface area contributed by atoms with Crippen molar-refractivity contribution in [2.75, 3.05) is 19.6 Å². The van der Waals surface area contributed by atoms with Crippen LogP contribution in [0, 0.1) is 0 Å². The van der Waals surface area contributed by atoms with Gasteiger partial charge in [0.15, 0.2) is 0 Å². The molecule has 1 rings (SSSR count). The van der Waals surface area contributed by atoms with Crippen molar-refractivity contribution in [1.82, 2.24) is 0 Å². The Morgan fingerprint density at radius 1 is 0.833 bits per heavy atom. The average Bonchev–Trinajstić information content (AvgIpc) is 2.43. The first-order chi connectivity index (χ1) is 8.76. The summed E-state index contributed by atoms with van der Waals surface area (Å²) in [6.07, 6.45) is 5.32. The highest BCUT2D eigenvalue weighted by Crippen LogP contribution is 2.17. The summed E-state index contributed by atoms with van der Waals surface area (Å²) in [7, 11) is 0. The van der Waals surface area contributed by atoms with Crippen LogP contribution in [-0.2, 0) is 6.54 Å². The van der Waals surface area contributed by atoms with Crippen molar-refractivity contribution in [2.45, 2.75) is 53.0 Å². The van der Waals surface area contributed by atoms with Crippen LogP contribution >= 0.6 is 0 Å². The van der Waals surface area contributed by atoms with Gasteiger partial charge in [-0.3, -0.25) is 0 Å². The molecule has 0 bridgehead atoms. The van der Waals surface area contributed by atoms with Gasteiger partial charge in [0.05, 0.1) is 19.6 Å². The van der Waals surface area contributed by atoms with Gasteiger partial charge >= 0.3 is 0 Å².